The molecule has 1 aliphatic heterocycles. The monoisotopic (exact) mass is 390 g/mol. The number of para-hydroxylation sites is 2. The minimum Gasteiger partial charge on any atom is -0.495 e. The van der Waals surface area contributed by atoms with Crippen molar-refractivity contribution >= 4 is 18.4 Å². The van der Waals surface area contributed by atoms with Crippen LogP contribution in [0.2, 0.25) is 0 Å². The molecule has 9 heteroatoms. The van der Waals surface area contributed by atoms with Crippen LogP contribution in [0.15, 0.2) is 34.1 Å². The van der Waals surface area contributed by atoms with Crippen molar-refractivity contribution in [2.75, 3.05) is 46.5 Å². The van der Waals surface area contributed by atoms with Crippen molar-refractivity contribution in [3.63, 3.8) is 0 Å². The van der Waals surface area contributed by atoms with Gasteiger partial charge < -0.3 is 14.6 Å². The van der Waals surface area contributed by atoms with E-state index in [0.29, 0.717) is 18.0 Å². The van der Waals surface area contributed by atoms with Crippen LogP contribution in [0.25, 0.3) is 5.69 Å². The summed E-state index contributed by atoms with van der Waals surface area (Å²) in [5, 5.41) is 10.7. The van der Waals surface area contributed by atoms with Crippen molar-refractivity contribution in [3.05, 3.63) is 45.0 Å². The Balaban J connectivity index is 1.87. The fraction of sp³-hybridized carbons (Fsp3) is 0.389. The summed E-state index contributed by atoms with van der Waals surface area (Å²) in [4.78, 5) is 21.4. The number of aromatic nitrogens is 2. The van der Waals surface area contributed by atoms with Crippen molar-refractivity contribution in [1.29, 1.82) is 0 Å². The number of nitrogens with one attached hydrogen (secondary N) is 1. The van der Waals surface area contributed by atoms with E-state index in [-0.39, 0.29) is 16.2 Å². The van der Waals surface area contributed by atoms with Gasteiger partial charge in [-0.25, -0.2) is 0 Å². The molecule has 1 fully saturated rings. The fourth-order valence-electron chi connectivity index (χ4n) is 2.87. The minimum atomic E-state index is -0.487. The van der Waals surface area contributed by atoms with E-state index >= 15 is 0 Å². The van der Waals surface area contributed by atoms with Crippen LogP contribution in [0.1, 0.15) is 5.56 Å². The van der Waals surface area contributed by atoms with Gasteiger partial charge in [0.2, 0.25) is 5.88 Å². The van der Waals surface area contributed by atoms with E-state index in [2.05, 4.69) is 14.9 Å². The summed E-state index contributed by atoms with van der Waals surface area (Å²) in [6.07, 6.45) is 1.38. The van der Waals surface area contributed by atoms with E-state index in [1.54, 1.807) is 18.2 Å². The number of aromatic amines is 1. The molecule has 1 aliphatic rings. The summed E-state index contributed by atoms with van der Waals surface area (Å²) in [6.45, 7) is 4.49. The molecular weight excluding hydrogens is 368 g/mol. The second-order valence-corrected chi connectivity index (χ2v) is 6.38. The number of aliphatic imine (C=N–C) groups is 1. The number of hydrogen-bond donors (Lipinski definition) is 2. The molecule has 0 bridgehead atoms. The highest BCUT2D eigenvalue weighted by atomic mass is 32.1. The molecule has 0 amide bonds. The number of morpholine rings is 1. The first kappa shape index (κ1) is 19.3. The van der Waals surface area contributed by atoms with Crippen LogP contribution in [0.4, 0.5) is 0 Å². The van der Waals surface area contributed by atoms with Gasteiger partial charge in [-0.2, -0.15) is 0 Å². The Morgan fingerprint density at radius 2 is 2.11 bits per heavy atom. The molecule has 1 aromatic carbocycles. The Hall–Kier alpha value is -2.49. The first-order chi connectivity index (χ1) is 13.1. The lowest BCUT2D eigenvalue weighted by molar-refractivity contribution is 0.0395. The van der Waals surface area contributed by atoms with E-state index in [4.69, 9.17) is 21.7 Å². The Bertz CT molecular complexity index is 932. The maximum atomic E-state index is 12.2. The molecule has 144 valence electrons. The third-order valence-corrected chi connectivity index (χ3v) is 4.60. The molecule has 8 nitrogen and oxygen atoms in total. The van der Waals surface area contributed by atoms with Crippen LogP contribution in [-0.4, -0.2) is 72.3 Å². The van der Waals surface area contributed by atoms with Crippen molar-refractivity contribution in [2.45, 2.75) is 0 Å². The van der Waals surface area contributed by atoms with Gasteiger partial charge in [0.25, 0.3) is 5.56 Å². The molecule has 3 rings (SSSR count). The third kappa shape index (κ3) is 4.44. The van der Waals surface area contributed by atoms with Crippen molar-refractivity contribution in [1.82, 2.24) is 14.5 Å². The molecular formula is C18H22N4O4S. The summed E-state index contributed by atoms with van der Waals surface area (Å²) in [6, 6.07) is 7.09. The van der Waals surface area contributed by atoms with Gasteiger partial charge in [0, 0.05) is 25.8 Å². The van der Waals surface area contributed by atoms with Gasteiger partial charge in [-0.3, -0.25) is 24.2 Å². The predicted octanol–water partition coefficient (Wildman–Crippen LogP) is 1.36. The maximum Gasteiger partial charge on any atom is 0.264 e. The maximum absolute atomic E-state index is 12.2. The molecule has 27 heavy (non-hydrogen) atoms. The van der Waals surface area contributed by atoms with Gasteiger partial charge in [-0.15, -0.1) is 0 Å². The molecule has 0 radical (unpaired) electrons. The van der Waals surface area contributed by atoms with Gasteiger partial charge in [-0.05, 0) is 24.4 Å². The van der Waals surface area contributed by atoms with Gasteiger partial charge in [0.1, 0.15) is 11.3 Å². The number of rotatable bonds is 6. The van der Waals surface area contributed by atoms with E-state index in [0.717, 1.165) is 32.8 Å². The standard InChI is InChI=1S/C18H22N4O4S/c1-25-15-5-3-2-4-14(15)22-17(24)13(16(23)20-18(22)27)12-19-6-7-21-8-10-26-11-9-21/h2-5,12,24H,6-11H2,1H3,(H,20,23,27). The molecule has 0 unspecified atom stereocenters. The lowest BCUT2D eigenvalue weighted by atomic mass is 10.2. The number of nitrogens with zero attached hydrogens (tertiary/aromatic N) is 3. The number of benzene rings is 1. The van der Waals surface area contributed by atoms with E-state index in [1.807, 2.05) is 6.07 Å². The lowest BCUT2D eigenvalue weighted by Gasteiger charge is -2.25. The highest BCUT2D eigenvalue weighted by Crippen LogP contribution is 2.26. The van der Waals surface area contributed by atoms with Crippen LogP contribution in [0, 0.1) is 4.77 Å². The SMILES string of the molecule is COc1ccccc1-n1c(O)c(C=NCCN2CCOCC2)c(=O)[nH]c1=S. The number of ether oxygens (including phenoxy) is 2. The zero-order chi connectivity index (χ0) is 19.2. The molecule has 0 atom stereocenters. The Kier molecular flexibility index (Phi) is 6.38. The second-order valence-electron chi connectivity index (χ2n) is 5.99. The van der Waals surface area contributed by atoms with Gasteiger partial charge in [-0.1, -0.05) is 12.1 Å². The first-order valence-corrected chi connectivity index (χ1v) is 9.04. The number of H-pyrrole nitrogens is 1. The number of hydrogen-bond acceptors (Lipinski definition) is 7. The van der Waals surface area contributed by atoms with Gasteiger partial charge >= 0.3 is 0 Å². The summed E-state index contributed by atoms with van der Waals surface area (Å²) < 4.78 is 12.1. The van der Waals surface area contributed by atoms with Crippen LogP contribution in [0.3, 0.4) is 0 Å². The third-order valence-electron chi connectivity index (χ3n) is 4.32. The largest absolute Gasteiger partial charge is 0.495 e. The second kappa shape index (κ2) is 8.94. The van der Waals surface area contributed by atoms with Gasteiger partial charge in [0.15, 0.2) is 4.77 Å². The van der Waals surface area contributed by atoms with E-state index < -0.39 is 5.56 Å². The molecule has 2 heterocycles. The molecule has 0 aliphatic carbocycles. The summed E-state index contributed by atoms with van der Waals surface area (Å²) >= 11 is 5.23. The van der Waals surface area contributed by atoms with E-state index in [1.165, 1.54) is 17.9 Å². The quantitative estimate of drug-likeness (QED) is 0.572. The Morgan fingerprint density at radius 1 is 1.37 bits per heavy atom. The molecule has 1 aromatic heterocycles. The predicted molar refractivity (Wildman–Crippen MR) is 105 cm³/mol. The average Bonchev–Trinajstić information content (AvgIpc) is 2.68. The van der Waals surface area contributed by atoms with Crippen LogP contribution < -0.4 is 10.3 Å². The molecule has 0 spiro atoms. The van der Waals surface area contributed by atoms with Crippen LogP contribution >= 0.6 is 12.2 Å². The highest BCUT2D eigenvalue weighted by Gasteiger charge is 2.15. The molecule has 2 aromatic rings. The summed E-state index contributed by atoms with van der Waals surface area (Å²) in [5.41, 5.74) is 0.0944. The minimum absolute atomic E-state index is 0.0523. The number of aromatic hydroxyl groups is 1. The molecule has 0 saturated carbocycles. The van der Waals surface area contributed by atoms with Crippen molar-refractivity contribution in [3.8, 4) is 17.3 Å². The molecule has 2 N–H and O–H groups in total. The van der Waals surface area contributed by atoms with Crippen LogP contribution in [-0.2, 0) is 4.74 Å². The average molecular weight is 390 g/mol. The Morgan fingerprint density at radius 3 is 2.85 bits per heavy atom. The van der Waals surface area contributed by atoms with Crippen LogP contribution in [0.5, 0.6) is 11.6 Å². The fourth-order valence-corrected chi connectivity index (χ4v) is 3.15. The number of methoxy groups -OCH3 is 1. The first-order valence-electron chi connectivity index (χ1n) is 8.63. The zero-order valence-corrected chi connectivity index (χ0v) is 15.9. The van der Waals surface area contributed by atoms with E-state index in [9.17, 15) is 9.90 Å². The lowest BCUT2D eigenvalue weighted by Crippen LogP contribution is -2.37. The van der Waals surface area contributed by atoms with Crippen molar-refractivity contribution < 1.29 is 14.6 Å². The highest BCUT2D eigenvalue weighted by molar-refractivity contribution is 7.71. The van der Waals surface area contributed by atoms with Gasteiger partial charge in [0.05, 0.1) is 32.6 Å². The summed E-state index contributed by atoms with van der Waals surface area (Å²) in [5.74, 6) is 0.245. The smallest absolute Gasteiger partial charge is 0.264 e. The normalized spacial score (nSPS) is 15.3. The molecule has 1 saturated heterocycles. The topological polar surface area (TPSA) is 92.1 Å². The summed E-state index contributed by atoms with van der Waals surface area (Å²) in [7, 11) is 1.53. The zero-order valence-electron chi connectivity index (χ0n) is 15.1. The van der Waals surface area contributed by atoms with Crippen molar-refractivity contribution in [2.24, 2.45) is 4.99 Å². The Labute approximate surface area is 161 Å².